The van der Waals surface area contributed by atoms with Crippen LogP contribution in [0.4, 0.5) is 0 Å². The van der Waals surface area contributed by atoms with E-state index in [0.717, 1.165) is 5.56 Å². The molecule has 4 nitrogen and oxygen atoms in total. The summed E-state index contributed by atoms with van der Waals surface area (Å²) in [5, 5.41) is 0.560. The molecule has 1 saturated heterocycles. The van der Waals surface area contributed by atoms with E-state index in [1.54, 1.807) is 7.11 Å². The molecule has 1 aliphatic rings. The number of rotatable bonds is 4. The van der Waals surface area contributed by atoms with Crippen LogP contribution in [-0.4, -0.2) is 32.2 Å². The van der Waals surface area contributed by atoms with Gasteiger partial charge in [0, 0.05) is 17.6 Å². The third-order valence-electron chi connectivity index (χ3n) is 4.15. The average Bonchev–Trinajstić information content (AvgIpc) is 2.59. The van der Waals surface area contributed by atoms with Crippen molar-refractivity contribution in [2.24, 2.45) is 0 Å². The van der Waals surface area contributed by atoms with Crippen molar-refractivity contribution in [3.8, 4) is 5.75 Å². The maximum absolute atomic E-state index is 6.37. The van der Waals surface area contributed by atoms with Crippen LogP contribution in [0.1, 0.15) is 33.3 Å². The SMILES string of the molecule is COCOc1c(C)ccc(Cl)c1B1OC(C)(C)C(C)(C)O1. The molecular formula is C15H22BClO4. The molecule has 0 bridgehead atoms. The van der Waals surface area contributed by atoms with Crippen molar-refractivity contribution in [2.45, 2.75) is 45.8 Å². The first-order valence-corrected chi connectivity index (χ1v) is 7.34. The van der Waals surface area contributed by atoms with Gasteiger partial charge in [-0.05, 0) is 46.2 Å². The van der Waals surface area contributed by atoms with E-state index >= 15 is 0 Å². The van der Waals surface area contributed by atoms with E-state index in [1.807, 2.05) is 46.8 Å². The van der Waals surface area contributed by atoms with E-state index in [4.69, 9.17) is 30.4 Å². The van der Waals surface area contributed by atoms with Crippen molar-refractivity contribution in [1.82, 2.24) is 0 Å². The fourth-order valence-corrected chi connectivity index (χ4v) is 2.41. The molecule has 21 heavy (non-hydrogen) atoms. The van der Waals surface area contributed by atoms with Crippen molar-refractivity contribution in [3.63, 3.8) is 0 Å². The summed E-state index contributed by atoms with van der Waals surface area (Å²) >= 11 is 6.37. The largest absolute Gasteiger partial charge is 0.500 e. The van der Waals surface area contributed by atoms with Crippen molar-refractivity contribution >= 4 is 24.2 Å². The molecular weight excluding hydrogens is 290 g/mol. The van der Waals surface area contributed by atoms with Gasteiger partial charge in [0.25, 0.3) is 0 Å². The lowest BCUT2D eigenvalue weighted by Crippen LogP contribution is -2.41. The second kappa shape index (κ2) is 5.80. The van der Waals surface area contributed by atoms with E-state index in [9.17, 15) is 0 Å². The summed E-state index contributed by atoms with van der Waals surface area (Å²) in [6.07, 6.45) is 0. The molecule has 1 aliphatic heterocycles. The van der Waals surface area contributed by atoms with Gasteiger partial charge < -0.3 is 18.8 Å². The highest BCUT2D eigenvalue weighted by atomic mass is 35.5. The zero-order valence-electron chi connectivity index (χ0n) is 13.5. The molecule has 0 aliphatic carbocycles. The molecule has 0 saturated carbocycles. The summed E-state index contributed by atoms with van der Waals surface area (Å²) in [7, 11) is 1.02. The number of benzene rings is 1. The van der Waals surface area contributed by atoms with E-state index < -0.39 is 18.3 Å². The lowest BCUT2D eigenvalue weighted by atomic mass is 9.77. The molecule has 1 aromatic carbocycles. The van der Waals surface area contributed by atoms with Gasteiger partial charge in [-0.2, -0.15) is 0 Å². The second-order valence-electron chi connectivity index (χ2n) is 6.25. The van der Waals surface area contributed by atoms with E-state index in [1.165, 1.54) is 0 Å². The zero-order chi connectivity index (χ0) is 15.8. The molecule has 0 amide bonds. The Morgan fingerprint density at radius 2 is 1.71 bits per heavy atom. The third-order valence-corrected chi connectivity index (χ3v) is 4.48. The topological polar surface area (TPSA) is 36.9 Å². The summed E-state index contributed by atoms with van der Waals surface area (Å²) in [5.41, 5.74) is 0.820. The standard InChI is InChI=1S/C15H22BClO4/c1-10-7-8-11(17)12(13(10)19-9-18-6)16-20-14(2,3)15(4,5)21-16/h7-8H,9H2,1-6H3. The lowest BCUT2D eigenvalue weighted by molar-refractivity contribution is 0.00578. The Bertz CT molecular complexity index is 515. The van der Waals surface area contributed by atoms with Gasteiger partial charge in [0.15, 0.2) is 6.79 Å². The Morgan fingerprint density at radius 1 is 1.14 bits per heavy atom. The van der Waals surface area contributed by atoms with Gasteiger partial charge in [-0.15, -0.1) is 0 Å². The molecule has 1 aromatic rings. The fourth-order valence-electron chi connectivity index (χ4n) is 2.17. The minimum Gasteiger partial charge on any atom is -0.468 e. The molecule has 0 radical (unpaired) electrons. The normalized spacial score (nSPS) is 19.9. The summed E-state index contributed by atoms with van der Waals surface area (Å²) in [6.45, 7) is 10.1. The van der Waals surface area contributed by atoms with Gasteiger partial charge in [-0.1, -0.05) is 17.7 Å². The van der Waals surface area contributed by atoms with Gasteiger partial charge in [0.1, 0.15) is 5.75 Å². The van der Waals surface area contributed by atoms with Gasteiger partial charge in [-0.3, -0.25) is 0 Å². The molecule has 1 heterocycles. The van der Waals surface area contributed by atoms with E-state index in [-0.39, 0.29) is 6.79 Å². The predicted molar refractivity (Wildman–Crippen MR) is 84.4 cm³/mol. The Morgan fingerprint density at radius 3 is 2.24 bits per heavy atom. The molecule has 0 N–H and O–H groups in total. The summed E-state index contributed by atoms with van der Waals surface area (Å²) in [4.78, 5) is 0. The highest BCUT2D eigenvalue weighted by Crippen LogP contribution is 2.38. The molecule has 0 unspecified atom stereocenters. The Labute approximate surface area is 131 Å². The van der Waals surface area contributed by atoms with Crippen LogP contribution >= 0.6 is 11.6 Å². The lowest BCUT2D eigenvalue weighted by Gasteiger charge is -2.32. The first-order valence-electron chi connectivity index (χ1n) is 6.96. The van der Waals surface area contributed by atoms with E-state index in [0.29, 0.717) is 16.2 Å². The van der Waals surface area contributed by atoms with Crippen LogP contribution in [0.5, 0.6) is 5.75 Å². The number of halogens is 1. The fraction of sp³-hybridized carbons (Fsp3) is 0.600. The van der Waals surface area contributed by atoms with Gasteiger partial charge >= 0.3 is 7.12 Å². The summed E-state index contributed by atoms with van der Waals surface area (Å²) < 4.78 is 22.8. The first kappa shape index (κ1) is 16.6. The van der Waals surface area contributed by atoms with Crippen LogP contribution in [0, 0.1) is 6.92 Å². The first-order chi connectivity index (χ1) is 9.69. The Kier molecular flexibility index (Phi) is 4.59. The van der Waals surface area contributed by atoms with Crippen LogP contribution in [0.25, 0.3) is 0 Å². The quantitative estimate of drug-likeness (QED) is 0.633. The number of methoxy groups -OCH3 is 1. The number of ether oxygens (including phenoxy) is 2. The van der Waals surface area contributed by atoms with E-state index in [2.05, 4.69) is 0 Å². The molecule has 2 rings (SSSR count). The minimum atomic E-state index is -0.561. The minimum absolute atomic E-state index is 0.147. The monoisotopic (exact) mass is 312 g/mol. The highest BCUT2D eigenvalue weighted by Gasteiger charge is 2.53. The molecule has 0 atom stereocenters. The van der Waals surface area contributed by atoms with Gasteiger partial charge in [0.2, 0.25) is 0 Å². The number of hydrogen-bond acceptors (Lipinski definition) is 4. The highest BCUT2D eigenvalue weighted by molar-refractivity contribution is 6.66. The molecule has 0 spiro atoms. The predicted octanol–water partition coefficient (Wildman–Crippen LogP) is 2.93. The molecule has 116 valence electrons. The van der Waals surface area contributed by atoms with Crippen LogP contribution in [0.15, 0.2) is 12.1 Å². The van der Waals surface area contributed by atoms with Crippen molar-refractivity contribution < 1.29 is 18.8 Å². The van der Waals surface area contributed by atoms with Gasteiger partial charge in [0.05, 0.1) is 11.2 Å². The maximum Gasteiger partial charge on any atom is 0.500 e. The number of hydrogen-bond donors (Lipinski definition) is 0. The van der Waals surface area contributed by atoms with Crippen LogP contribution < -0.4 is 10.2 Å². The second-order valence-corrected chi connectivity index (χ2v) is 6.65. The van der Waals surface area contributed by atoms with Gasteiger partial charge in [-0.25, -0.2) is 0 Å². The summed E-state index contributed by atoms with van der Waals surface area (Å²) in [5.74, 6) is 0.655. The van der Waals surface area contributed by atoms with Crippen LogP contribution in [0.2, 0.25) is 5.02 Å². The summed E-state index contributed by atoms with van der Waals surface area (Å²) in [6, 6.07) is 3.74. The zero-order valence-corrected chi connectivity index (χ0v) is 14.2. The third kappa shape index (κ3) is 3.06. The van der Waals surface area contributed by atoms with Crippen molar-refractivity contribution in [1.29, 1.82) is 0 Å². The van der Waals surface area contributed by atoms with Crippen LogP contribution in [-0.2, 0) is 14.0 Å². The molecule has 1 fully saturated rings. The molecule has 0 aromatic heterocycles. The Balaban J connectivity index is 2.42. The maximum atomic E-state index is 6.37. The number of aryl methyl sites for hydroxylation is 1. The smallest absolute Gasteiger partial charge is 0.468 e. The van der Waals surface area contributed by atoms with Crippen molar-refractivity contribution in [2.75, 3.05) is 13.9 Å². The Hall–Kier alpha value is -0.745. The van der Waals surface area contributed by atoms with Crippen LogP contribution in [0.3, 0.4) is 0 Å². The van der Waals surface area contributed by atoms with Crippen molar-refractivity contribution in [3.05, 3.63) is 22.7 Å². The molecule has 6 heteroatoms. The average molecular weight is 313 g/mol.